The molecule has 0 radical (unpaired) electrons. The molecule has 0 atom stereocenters. The maximum Gasteiger partial charge on any atom is 0.306 e. The Morgan fingerprint density at radius 3 is 2.64 bits per heavy atom. The minimum Gasteiger partial charge on any atom is -0.456 e. The second-order valence-corrected chi connectivity index (χ2v) is 6.31. The van der Waals surface area contributed by atoms with E-state index in [1.165, 1.54) is 0 Å². The summed E-state index contributed by atoms with van der Waals surface area (Å²) in [5.74, 6) is 0.392. The van der Waals surface area contributed by atoms with Crippen LogP contribution in [-0.2, 0) is 14.3 Å². The largest absolute Gasteiger partial charge is 0.456 e. The Morgan fingerprint density at radius 1 is 1.20 bits per heavy atom. The average molecular weight is 342 g/mol. The predicted octanol–water partition coefficient (Wildman–Crippen LogP) is 1.65. The lowest BCUT2D eigenvalue weighted by molar-refractivity contribution is -0.148. The highest BCUT2D eigenvalue weighted by Crippen LogP contribution is 2.25. The van der Waals surface area contributed by atoms with Crippen LogP contribution in [0.2, 0.25) is 0 Å². The molecule has 7 nitrogen and oxygen atoms in total. The molecule has 1 aromatic heterocycles. The molecule has 2 aromatic rings. The van der Waals surface area contributed by atoms with E-state index in [1.54, 1.807) is 0 Å². The van der Waals surface area contributed by atoms with Gasteiger partial charge >= 0.3 is 5.97 Å². The molecule has 132 valence electrons. The topological polar surface area (TPSA) is 98.4 Å². The number of ether oxygens (including phenoxy) is 1. The SMILES string of the molecule is NC(=O)COC(=O)CCC1CCN(c2cnc3ccccc3n2)CC1. The summed E-state index contributed by atoms with van der Waals surface area (Å²) in [6, 6.07) is 7.84. The van der Waals surface area contributed by atoms with Crippen LogP contribution in [0, 0.1) is 5.92 Å². The zero-order chi connectivity index (χ0) is 17.6. The van der Waals surface area contributed by atoms with Crippen molar-refractivity contribution in [3.8, 4) is 0 Å². The smallest absolute Gasteiger partial charge is 0.306 e. The first-order chi connectivity index (χ1) is 12.1. The van der Waals surface area contributed by atoms with Crippen molar-refractivity contribution in [2.75, 3.05) is 24.6 Å². The molecule has 0 saturated carbocycles. The zero-order valence-corrected chi connectivity index (χ0v) is 14.1. The Balaban J connectivity index is 1.48. The van der Waals surface area contributed by atoms with E-state index in [0.29, 0.717) is 12.3 Å². The first-order valence-corrected chi connectivity index (χ1v) is 8.52. The van der Waals surface area contributed by atoms with Crippen LogP contribution in [0.15, 0.2) is 30.5 Å². The van der Waals surface area contributed by atoms with Gasteiger partial charge in [0.1, 0.15) is 5.82 Å². The number of hydrogen-bond acceptors (Lipinski definition) is 6. The second-order valence-electron chi connectivity index (χ2n) is 6.31. The third-order valence-corrected chi connectivity index (χ3v) is 4.51. The number of amides is 1. The average Bonchev–Trinajstić information content (AvgIpc) is 2.64. The molecule has 0 aliphatic carbocycles. The Kier molecular flexibility index (Phi) is 5.42. The van der Waals surface area contributed by atoms with Gasteiger partial charge in [0.05, 0.1) is 17.2 Å². The summed E-state index contributed by atoms with van der Waals surface area (Å²) < 4.78 is 4.78. The lowest BCUT2D eigenvalue weighted by Crippen LogP contribution is -2.34. The Bertz CT molecular complexity index is 757. The molecular weight excluding hydrogens is 320 g/mol. The summed E-state index contributed by atoms with van der Waals surface area (Å²) in [7, 11) is 0. The minimum absolute atomic E-state index is 0.327. The van der Waals surface area contributed by atoms with Crippen molar-refractivity contribution in [1.82, 2.24) is 9.97 Å². The number of primary amides is 1. The number of nitrogens with zero attached hydrogens (tertiary/aromatic N) is 3. The Labute approximate surface area is 146 Å². The molecule has 1 aliphatic rings. The maximum atomic E-state index is 11.5. The molecule has 0 spiro atoms. The number of anilines is 1. The number of hydrogen-bond donors (Lipinski definition) is 1. The molecule has 1 aliphatic heterocycles. The van der Waals surface area contributed by atoms with Gasteiger partial charge in [-0.05, 0) is 37.3 Å². The number of aromatic nitrogens is 2. The van der Waals surface area contributed by atoms with Crippen LogP contribution < -0.4 is 10.6 Å². The molecule has 1 fully saturated rings. The number of carbonyl (C=O) groups is 2. The fourth-order valence-corrected chi connectivity index (χ4v) is 3.10. The maximum absolute atomic E-state index is 11.5. The first kappa shape index (κ1) is 17.1. The molecular formula is C18H22N4O3. The highest BCUT2D eigenvalue weighted by Gasteiger charge is 2.21. The van der Waals surface area contributed by atoms with E-state index in [4.69, 9.17) is 10.5 Å². The van der Waals surface area contributed by atoms with E-state index in [1.807, 2.05) is 30.5 Å². The normalized spacial score (nSPS) is 15.3. The summed E-state index contributed by atoms with van der Waals surface area (Å²) in [4.78, 5) is 33.5. The van der Waals surface area contributed by atoms with Crippen LogP contribution in [0.1, 0.15) is 25.7 Å². The standard InChI is InChI=1S/C18H22N4O3/c19-16(23)12-25-18(24)6-5-13-7-9-22(10-8-13)17-11-20-14-3-1-2-4-15(14)21-17/h1-4,11,13H,5-10,12H2,(H2,19,23). The molecule has 1 aromatic carbocycles. The molecule has 3 rings (SSSR count). The number of fused-ring (bicyclic) bond motifs is 1. The van der Waals surface area contributed by atoms with E-state index in [-0.39, 0.29) is 12.6 Å². The molecule has 1 saturated heterocycles. The number of benzene rings is 1. The summed E-state index contributed by atoms with van der Waals surface area (Å²) in [5, 5.41) is 0. The summed E-state index contributed by atoms with van der Waals surface area (Å²) in [6.07, 6.45) is 4.92. The Hall–Kier alpha value is -2.70. The van der Waals surface area contributed by atoms with Gasteiger partial charge in [0.15, 0.2) is 6.61 Å². The quantitative estimate of drug-likeness (QED) is 0.802. The Morgan fingerprint density at radius 2 is 1.92 bits per heavy atom. The van der Waals surface area contributed by atoms with Crippen LogP contribution in [-0.4, -0.2) is 41.5 Å². The lowest BCUT2D eigenvalue weighted by Gasteiger charge is -2.32. The van der Waals surface area contributed by atoms with Gasteiger partial charge in [-0.2, -0.15) is 0 Å². The zero-order valence-electron chi connectivity index (χ0n) is 14.1. The number of rotatable bonds is 6. The first-order valence-electron chi connectivity index (χ1n) is 8.52. The van der Waals surface area contributed by atoms with Gasteiger partial charge in [0.25, 0.3) is 5.91 Å². The van der Waals surface area contributed by atoms with E-state index < -0.39 is 5.91 Å². The number of carbonyl (C=O) groups excluding carboxylic acids is 2. The highest BCUT2D eigenvalue weighted by atomic mass is 16.5. The summed E-state index contributed by atoms with van der Waals surface area (Å²) in [6.45, 7) is 1.46. The van der Waals surface area contributed by atoms with Crippen molar-refractivity contribution >= 4 is 28.7 Å². The number of esters is 1. The molecule has 0 unspecified atom stereocenters. The summed E-state index contributed by atoms with van der Waals surface area (Å²) >= 11 is 0. The number of nitrogens with two attached hydrogens (primary N) is 1. The number of para-hydroxylation sites is 2. The van der Waals surface area contributed by atoms with E-state index >= 15 is 0 Å². The van der Waals surface area contributed by atoms with Crippen molar-refractivity contribution in [3.05, 3.63) is 30.5 Å². The van der Waals surface area contributed by atoms with Crippen molar-refractivity contribution in [3.63, 3.8) is 0 Å². The molecule has 1 amide bonds. The molecule has 0 bridgehead atoms. The van der Waals surface area contributed by atoms with Crippen LogP contribution >= 0.6 is 0 Å². The third-order valence-electron chi connectivity index (χ3n) is 4.51. The number of piperidine rings is 1. The van der Waals surface area contributed by atoms with Crippen molar-refractivity contribution in [1.29, 1.82) is 0 Å². The van der Waals surface area contributed by atoms with Crippen molar-refractivity contribution < 1.29 is 14.3 Å². The molecule has 7 heteroatoms. The fraction of sp³-hybridized carbons (Fsp3) is 0.444. The molecule has 2 heterocycles. The molecule has 2 N–H and O–H groups in total. The fourth-order valence-electron chi connectivity index (χ4n) is 3.10. The van der Waals surface area contributed by atoms with Crippen LogP contribution in [0.3, 0.4) is 0 Å². The van der Waals surface area contributed by atoms with Gasteiger partial charge in [0.2, 0.25) is 0 Å². The van der Waals surface area contributed by atoms with Gasteiger partial charge in [-0.25, -0.2) is 4.98 Å². The highest BCUT2D eigenvalue weighted by molar-refractivity contribution is 5.79. The third kappa shape index (κ3) is 4.65. The van der Waals surface area contributed by atoms with Crippen molar-refractivity contribution in [2.24, 2.45) is 11.7 Å². The second kappa shape index (κ2) is 7.92. The van der Waals surface area contributed by atoms with E-state index in [9.17, 15) is 9.59 Å². The van der Waals surface area contributed by atoms with Gasteiger partial charge < -0.3 is 15.4 Å². The lowest BCUT2D eigenvalue weighted by atomic mass is 9.92. The van der Waals surface area contributed by atoms with Crippen LogP contribution in [0.4, 0.5) is 5.82 Å². The van der Waals surface area contributed by atoms with E-state index in [2.05, 4.69) is 14.9 Å². The van der Waals surface area contributed by atoms with Gasteiger partial charge in [-0.1, -0.05) is 12.1 Å². The van der Waals surface area contributed by atoms with Crippen LogP contribution in [0.5, 0.6) is 0 Å². The predicted molar refractivity (Wildman–Crippen MR) is 93.9 cm³/mol. The monoisotopic (exact) mass is 342 g/mol. The van der Waals surface area contributed by atoms with Crippen molar-refractivity contribution in [2.45, 2.75) is 25.7 Å². The van der Waals surface area contributed by atoms with Gasteiger partial charge in [0, 0.05) is 19.5 Å². The van der Waals surface area contributed by atoms with Gasteiger partial charge in [-0.3, -0.25) is 14.6 Å². The van der Waals surface area contributed by atoms with E-state index in [0.717, 1.165) is 49.2 Å². The van der Waals surface area contributed by atoms with Crippen LogP contribution in [0.25, 0.3) is 11.0 Å². The summed E-state index contributed by atoms with van der Waals surface area (Å²) in [5.41, 5.74) is 6.75. The molecule has 25 heavy (non-hydrogen) atoms. The van der Waals surface area contributed by atoms with Gasteiger partial charge in [-0.15, -0.1) is 0 Å². The minimum atomic E-state index is -0.627.